The average molecular weight is 634 g/mol. The summed E-state index contributed by atoms with van der Waals surface area (Å²) < 4.78 is 13.6. The highest BCUT2D eigenvalue weighted by atomic mass is 79.9. The first-order valence-corrected chi connectivity index (χ1v) is 13.9. The molecule has 190 valence electrons. The van der Waals surface area contributed by atoms with E-state index in [0.29, 0.717) is 45.9 Å². The van der Waals surface area contributed by atoms with Crippen LogP contribution < -0.4 is 9.47 Å². The summed E-state index contributed by atoms with van der Waals surface area (Å²) in [5, 5.41) is 7.08. The molecule has 2 aliphatic rings. The molecule has 1 heterocycles. The molecule has 0 N–H and O–H groups in total. The van der Waals surface area contributed by atoms with Crippen molar-refractivity contribution in [3.63, 3.8) is 0 Å². The predicted octanol–water partition coefficient (Wildman–Crippen LogP) is 7.07. The molecule has 1 aliphatic carbocycles. The molecule has 4 aromatic carbocycles. The van der Waals surface area contributed by atoms with Gasteiger partial charge in [0, 0.05) is 9.86 Å². The number of ether oxygens (including phenoxy) is 2. The fraction of sp³-hybridized carbons (Fsp3) is 0.167. The summed E-state index contributed by atoms with van der Waals surface area (Å²) in [6, 6.07) is 19.1. The van der Waals surface area contributed by atoms with Gasteiger partial charge in [0.25, 0.3) is 11.8 Å². The second-order valence-electron chi connectivity index (χ2n) is 9.14. The molecule has 1 aliphatic heterocycles. The summed E-state index contributed by atoms with van der Waals surface area (Å²) in [6.45, 7) is 2.70. The molecule has 8 heteroatoms. The van der Waals surface area contributed by atoms with E-state index in [2.05, 4.69) is 37.0 Å². The molecule has 38 heavy (non-hydrogen) atoms. The third-order valence-electron chi connectivity index (χ3n) is 6.79. The lowest BCUT2D eigenvalue weighted by Gasteiger charge is -2.23. The van der Waals surface area contributed by atoms with Crippen molar-refractivity contribution in [2.24, 2.45) is 5.10 Å². The Morgan fingerprint density at radius 3 is 2.16 bits per heavy atom. The van der Waals surface area contributed by atoms with E-state index in [1.54, 1.807) is 6.07 Å². The van der Waals surface area contributed by atoms with Gasteiger partial charge in [-0.3, -0.25) is 9.59 Å². The van der Waals surface area contributed by atoms with E-state index in [9.17, 15) is 9.59 Å². The van der Waals surface area contributed by atoms with Crippen molar-refractivity contribution in [2.75, 3.05) is 6.61 Å². The Labute approximate surface area is 236 Å². The summed E-state index contributed by atoms with van der Waals surface area (Å²) in [5.41, 5.74) is 5.05. The van der Waals surface area contributed by atoms with E-state index in [1.807, 2.05) is 61.5 Å². The van der Waals surface area contributed by atoms with Gasteiger partial charge in [-0.1, -0.05) is 40.2 Å². The van der Waals surface area contributed by atoms with Crippen molar-refractivity contribution < 1.29 is 19.1 Å². The monoisotopic (exact) mass is 632 g/mol. The van der Waals surface area contributed by atoms with Gasteiger partial charge in [-0.2, -0.15) is 10.1 Å². The molecule has 0 unspecified atom stereocenters. The summed E-state index contributed by atoms with van der Waals surface area (Å²) >= 11 is 7.02. The number of aryl methyl sites for hydroxylation is 2. The molecular weight excluding hydrogens is 612 g/mol. The van der Waals surface area contributed by atoms with E-state index in [-0.39, 0.29) is 0 Å². The molecule has 0 bridgehead atoms. The van der Waals surface area contributed by atoms with Crippen molar-refractivity contribution in [2.45, 2.75) is 26.4 Å². The summed E-state index contributed by atoms with van der Waals surface area (Å²) in [7, 11) is 0. The number of imide groups is 1. The minimum absolute atomic E-state index is 0.366. The molecule has 6 rings (SSSR count). The fourth-order valence-electron chi connectivity index (χ4n) is 5.04. The maximum Gasteiger partial charge on any atom is 0.282 e. The molecule has 0 saturated carbocycles. The van der Waals surface area contributed by atoms with Crippen LogP contribution in [0.5, 0.6) is 11.5 Å². The molecule has 0 aromatic heterocycles. The van der Waals surface area contributed by atoms with E-state index < -0.39 is 11.8 Å². The molecule has 0 atom stereocenters. The predicted molar refractivity (Wildman–Crippen MR) is 153 cm³/mol. The van der Waals surface area contributed by atoms with Crippen LogP contribution in [0.25, 0.3) is 10.8 Å². The van der Waals surface area contributed by atoms with Gasteiger partial charge in [0.05, 0.1) is 28.4 Å². The lowest BCUT2D eigenvalue weighted by Crippen LogP contribution is -2.36. The van der Waals surface area contributed by atoms with Crippen molar-refractivity contribution in [1.82, 2.24) is 5.01 Å². The standard InChI is InChI=1S/C30H22Br2N2O4/c1-2-37-25-14-18(13-24(32)28(25)38-16-17-3-9-21(31)10-4-17)15-33-34-29(35)22-11-7-19-5-6-20-8-12-23(30(34)36)27(22)26(19)20/h3-4,7-15H,2,5-6,16H2,1H3/b33-15-. The summed E-state index contributed by atoms with van der Waals surface area (Å²) in [4.78, 5) is 26.7. The lowest BCUT2D eigenvalue weighted by molar-refractivity contribution is 0.0616. The van der Waals surface area contributed by atoms with Crippen LogP contribution in [0.2, 0.25) is 0 Å². The van der Waals surface area contributed by atoms with Gasteiger partial charge < -0.3 is 9.47 Å². The van der Waals surface area contributed by atoms with Gasteiger partial charge in [0.1, 0.15) is 6.61 Å². The number of halogens is 2. The van der Waals surface area contributed by atoms with Gasteiger partial charge in [0.15, 0.2) is 11.5 Å². The number of rotatable bonds is 7. The normalized spacial score (nSPS) is 14.1. The Morgan fingerprint density at radius 1 is 0.868 bits per heavy atom. The molecule has 0 radical (unpaired) electrons. The van der Waals surface area contributed by atoms with Crippen molar-refractivity contribution in [3.8, 4) is 11.5 Å². The third-order valence-corrected chi connectivity index (χ3v) is 7.91. The van der Waals surface area contributed by atoms with Crippen LogP contribution in [0.1, 0.15) is 49.9 Å². The minimum atomic E-state index is -0.423. The highest BCUT2D eigenvalue weighted by molar-refractivity contribution is 9.10. The zero-order valence-electron chi connectivity index (χ0n) is 20.5. The van der Waals surface area contributed by atoms with Gasteiger partial charge in [-0.05, 0) is 99.7 Å². The minimum Gasteiger partial charge on any atom is -0.490 e. The van der Waals surface area contributed by atoms with Crippen LogP contribution in [0.15, 0.2) is 74.7 Å². The maximum atomic E-state index is 13.3. The molecule has 6 nitrogen and oxygen atoms in total. The van der Waals surface area contributed by atoms with Gasteiger partial charge >= 0.3 is 0 Å². The third kappa shape index (κ3) is 4.31. The smallest absolute Gasteiger partial charge is 0.282 e. The number of hydrazone groups is 1. The van der Waals surface area contributed by atoms with Crippen molar-refractivity contribution in [3.05, 3.63) is 103 Å². The molecular formula is C30H22Br2N2O4. The Bertz CT molecular complexity index is 1590. The van der Waals surface area contributed by atoms with Crippen LogP contribution in [-0.2, 0) is 19.4 Å². The first kappa shape index (κ1) is 24.8. The van der Waals surface area contributed by atoms with Crippen LogP contribution in [-0.4, -0.2) is 29.6 Å². The lowest BCUT2D eigenvalue weighted by atomic mass is 9.92. The van der Waals surface area contributed by atoms with Gasteiger partial charge in [-0.15, -0.1) is 0 Å². The number of nitrogens with zero attached hydrogens (tertiary/aromatic N) is 2. The average Bonchev–Trinajstić information content (AvgIpc) is 3.34. The van der Waals surface area contributed by atoms with E-state index >= 15 is 0 Å². The fourth-order valence-corrected chi connectivity index (χ4v) is 5.88. The number of amides is 2. The highest BCUT2D eigenvalue weighted by Crippen LogP contribution is 2.39. The summed E-state index contributed by atoms with van der Waals surface area (Å²) in [6.07, 6.45) is 3.35. The van der Waals surface area contributed by atoms with E-state index in [4.69, 9.17) is 9.47 Å². The topological polar surface area (TPSA) is 68.2 Å². The highest BCUT2D eigenvalue weighted by Gasteiger charge is 2.35. The molecule has 0 saturated heterocycles. The Kier molecular flexibility index (Phi) is 6.53. The molecule has 4 aromatic rings. The van der Waals surface area contributed by atoms with Gasteiger partial charge in [0.2, 0.25) is 0 Å². The largest absolute Gasteiger partial charge is 0.490 e. The first-order chi connectivity index (χ1) is 18.4. The Morgan fingerprint density at radius 2 is 1.53 bits per heavy atom. The zero-order chi connectivity index (χ0) is 26.4. The molecule has 0 fully saturated rings. The molecule has 0 spiro atoms. The number of carbonyl (C=O) groups excluding carboxylic acids is 2. The Balaban J connectivity index is 1.29. The van der Waals surface area contributed by atoms with E-state index in [0.717, 1.165) is 38.7 Å². The quantitative estimate of drug-likeness (QED) is 0.161. The van der Waals surface area contributed by atoms with Crippen LogP contribution >= 0.6 is 31.9 Å². The van der Waals surface area contributed by atoms with Crippen molar-refractivity contribution in [1.29, 1.82) is 0 Å². The number of hydrogen-bond donors (Lipinski definition) is 0. The number of benzene rings is 4. The SMILES string of the molecule is CCOc1cc(/C=N\N2C(=O)c3ccc4c5c(ccc(c35)C2=O)CC4)cc(Br)c1OCc1ccc(Br)cc1. The van der Waals surface area contributed by atoms with Gasteiger partial charge in [-0.25, -0.2) is 0 Å². The molecule has 2 amide bonds. The van der Waals surface area contributed by atoms with Crippen LogP contribution in [0.4, 0.5) is 0 Å². The van der Waals surface area contributed by atoms with Crippen LogP contribution in [0.3, 0.4) is 0 Å². The summed E-state index contributed by atoms with van der Waals surface area (Å²) in [5.74, 6) is 0.251. The Hall–Kier alpha value is -3.49. The van der Waals surface area contributed by atoms with E-state index in [1.165, 1.54) is 17.3 Å². The zero-order valence-corrected chi connectivity index (χ0v) is 23.6. The maximum absolute atomic E-state index is 13.3. The second kappa shape index (κ2) is 10.0. The van der Waals surface area contributed by atoms with Crippen molar-refractivity contribution >= 4 is 60.7 Å². The first-order valence-electron chi connectivity index (χ1n) is 12.3. The number of hydrogen-bond acceptors (Lipinski definition) is 5. The second-order valence-corrected chi connectivity index (χ2v) is 10.9. The number of carbonyl (C=O) groups is 2. The van der Waals surface area contributed by atoms with Crippen LogP contribution in [0, 0.1) is 0 Å².